The summed E-state index contributed by atoms with van der Waals surface area (Å²) >= 11 is 2.08. The van der Waals surface area contributed by atoms with E-state index in [1.165, 1.54) is 12.1 Å². The Morgan fingerprint density at radius 2 is 2.00 bits per heavy atom. The van der Waals surface area contributed by atoms with E-state index in [0.29, 0.717) is 17.2 Å². The van der Waals surface area contributed by atoms with Gasteiger partial charge in [-0.2, -0.15) is 5.26 Å². The summed E-state index contributed by atoms with van der Waals surface area (Å²) in [7, 11) is 0. The number of nitrogens with zero attached hydrogens (tertiary/aromatic N) is 1. The Labute approximate surface area is 117 Å². The number of ether oxygens (including phenoxy) is 1. The largest absolute Gasteiger partial charge is 0.456 e. The van der Waals surface area contributed by atoms with Crippen molar-refractivity contribution in [1.29, 1.82) is 5.26 Å². The van der Waals surface area contributed by atoms with Crippen LogP contribution in [0.1, 0.15) is 5.56 Å². The third-order valence-corrected chi connectivity index (χ3v) is 3.09. The monoisotopic (exact) mass is 354 g/mol. The van der Waals surface area contributed by atoms with E-state index in [-0.39, 0.29) is 5.56 Å². The van der Waals surface area contributed by atoms with Gasteiger partial charge in [-0.05, 0) is 52.9 Å². The Balaban J connectivity index is 2.29. The molecule has 0 bridgehead atoms. The molecule has 18 heavy (non-hydrogen) atoms. The quantitative estimate of drug-likeness (QED) is 0.661. The minimum atomic E-state index is -0.597. The number of nitrogen functional groups attached to an aromatic ring is 1. The van der Waals surface area contributed by atoms with Gasteiger partial charge in [-0.25, -0.2) is 4.39 Å². The maximum absolute atomic E-state index is 13.4. The Morgan fingerprint density at radius 3 is 2.61 bits per heavy atom. The van der Waals surface area contributed by atoms with E-state index in [2.05, 4.69) is 22.6 Å². The van der Waals surface area contributed by atoms with E-state index >= 15 is 0 Å². The average molecular weight is 354 g/mol. The molecule has 0 radical (unpaired) electrons. The van der Waals surface area contributed by atoms with Crippen LogP contribution in [-0.2, 0) is 0 Å². The maximum Gasteiger partial charge on any atom is 0.144 e. The number of nitriles is 1. The molecule has 0 spiro atoms. The van der Waals surface area contributed by atoms with Crippen molar-refractivity contribution in [2.75, 3.05) is 5.73 Å². The van der Waals surface area contributed by atoms with Crippen LogP contribution < -0.4 is 10.5 Å². The van der Waals surface area contributed by atoms with E-state index in [1.807, 2.05) is 0 Å². The zero-order valence-electron chi connectivity index (χ0n) is 9.15. The minimum Gasteiger partial charge on any atom is -0.456 e. The molecule has 2 aromatic rings. The second kappa shape index (κ2) is 5.23. The molecule has 0 saturated heterocycles. The molecule has 0 saturated carbocycles. The van der Waals surface area contributed by atoms with Crippen LogP contribution in [-0.4, -0.2) is 0 Å². The van der Waals surface area contributed by atoms with Gasteiger partial charge in [0.2, 0.25) is 0 Å². The highest BCUT2D eigenvalue weighted by molar-refractivity contribution is 14.1. The van der Waals surface area contributed by atoms with Gasteiger partial charge in [0.1, 0.15) is 23.4 Å². The molecule has 0 aromatic heterocycles. The molecule has 2 aromatic carbocycles. The molecule has 0 amide bonds. The molecular formula is C13H8FIN2O. The number of nitrogens with two attached hydrogens (primary N) is 1. The molecule has 0 aliphatic heterocycles. The lowest BCUT2D eigenvalue weighted by Gasteiger charge is -2.08. The molecule has 3 nitrogen and oxygen atoms in total. The van der Waals surface area contributed by atoms with E-state index < -0.39 is 5.82 Å². The fraction of sp³-hybridized carbons (Fsp3) is 0. The minimum absolute atomic E-state index is 0.00523. The number of anilines is 1. The molecule has 5 heteroatoms. The smallest absolute Gasteiger partial charge is 0.144 e. The second-order valence-corrected chi connectivity index (χ2v) is 4.71. The van der Waals surface area contributed by atoms with Crippen LogP contribution in [0.2, 0.25) is 0 Å². The topological polar surface area (TPSA) is 59.0 Å². The van der Waals surface area contributed by atoms with Gasteiger partial charge >= 0.3 is 0 Å². The van der Waals surface area contributed by atoms with Crippen molar-refractivity contribution in [3.63, 3.8) is 0 Å². The molecule has 2 rings (SSSR count). The highest BCUT2D eigenvalue weighted by atomic mass is 127. The highest BCUT2D eigenvalue weighted by Crippen LogP contribution is 2.29. The highest BCUT2D eigenvalue weighted by Gasteiger charge is 2.06. The fourth-order valence-electron chi connectivity index (χ4n) is 1.38. The van der Waals surface area contributed by atoms with Gasteiger partial charge < -0.3 is 10.5 Å². The van der Waals surface area contributed by atoms with Gasteiger partial charge in [-0.15, -0.1) is 0 Å². The normalized spacial score (nSPS) is 9.83. The lowest BCUT2D eigenvalue weighted by molar-refractivity contribution is 0.473. The molecular weight excluding hydrogens is 346 g/mol. The Bertz CT molecular complexity index is 637. The van der Waals surface area contributed by atoms with Gasteiger partial charge in [0, 0.05) is 11.8 Å². The third kappa shape index (κ3) is 2.71. The number of rotatable bonds is 2. The molecule has 0 heterocycles. The number of halogens is 2. The predicted octanol–water partition coefficient (Wildman–Crippen LogP) is 3.68. The summed E-state index contributed by atoms with van der Waals surface area (Å²) in [5, 5.41) is 8.63. The Hall–Kier alpha value is -1.81. The zero-order chi connectivity index (χ0) is 13.1. The second-order valence-electron chi connectivity index (χ2n) is 3.55. The fourth-order valence-corrected chi connectivity index (χ4v) is 2.03. The molecule has 0 fully saturated rings. The van der Waals surface area contributed by atoms with Crippen molar-refractivity contribution < 1.29 is 9.13 Å². The Kier molecular flexibility index (Phi) is 3.67. The summed E-state index contributed by atoms with van der Waals surface area (Å²) in [6.45, 7) is 0. The summed E-state index contributed by atoms with van der Waals surface area (Å²) in [6.07, 6.45) is 0. The summed E-state index contributed by atoms with van der Waals surface area (Å²) in [5.74, 6) is 0.337. The molecule has 90 valence electrons. The van der Waals surface area contributed by atoms with Gasteiger partial charge in [-0.3, -0.25) is 0 Å². The summed E-state index contributed by atoms with van der Waals surface area (Å²) in [4.78, 5) is 0. The van der Waals surface area contributed by atoms with Crippen molar-refractivity contribution in [3.8, 4) is 17.6 Å². The third-order valence-electron chi connectivity index (χ3n) is 2.24. The van der Waals surface area contributed by atoms with E-state index in [4.69, 9.17) is 15.7 Å². The van der Waals surface area contributed by atoms with Crippen LogP contribution in [0.4, 0.5) is 10.1 Å². The van der Waals surface area contributed by atoms with Crippen LogP contribution in [0.15, 0.2) is 36.4 Å². The van der Waals surface area contributed by atoms with E-state index in [0.717, 1.165) is 3.57 Å². The summed E-state index contributed by atoms with van der Waals surface area (Å²) < 4.78 is 19.8. The van der Waals surface area contributed by atoms with Crippen LogP contribution >= 0.6 is 22.6 Å². The van der Waals surface area contributed by atoms with Crippen molar-refractivity contribution >= 4 is 28.3 Å². The van der Waals surface area contributed by atoms with Crippen molar-refractivity contribution in [1.82, 2.24) is 0 Å². The number of hydrogen-bond acceptors (Lipinski definition) is 3. The van der Waals surface area contributed by atoms with Crippen LogP contribution in [0.3, 0.4) is 0 Å². The summed E-state index contributed by atoms with van der Waals surface area (Å²) in [5.41, 5.74) is 6.26. The summed E-state index contributed by atoms with van der Waals surface area (Å²) in [6, 6.07) is 11.1. The first kappa shape index (κ1) is 12.6. The van der Waals surface area contributed by atoms with Crippen LogP contribution in [0.5, 0.6) is 11.5 Å². The van der Waals surface area contributed by atoms with Crippen molar-refractivity contribution in [3.05, 3.63) is 51.3 Å². The first-order chi connectivity index (χ1) is 8.60. The lowest BCUT2D eigenvalue weighted by Crippen LogP contribution is -1.92. The van der Waals surface area contributed by atoms with Crippen LogP contribution in [0.25, 0.3) is 0 Å². The predicted molar refractivity (Wildman–Crippen MR) is 74.8 cm³/mol. The molecule has 0 aliphatic carbocycles. The van der Waals surface area contributed by atoms with Crippen molar-refractivity contribution in [2.24, 2.45) is 0 Å². The number of hydrogen-bond donors (Lipinski definition) is 1. The van der Waals surface area contributed by atoms with E-state index in [1.54, 1.807) is 30.3 Å². The van der Waals surface area contributed by atoms with E-state index in [9.17, 15) is 4.39 Å². The number of benzene rings is 2. The van der Waals surface area contributed by atoms with Crippen molar-refractivity contribution in [2.45, 2.75) is 0 Å². The first-order valence-electron chi connectivity index (χ1n) is 5.02. The standard InChI is InChI=1S/C13H8FIN2O/c14-11-6-10(3-1-8(11)7-16)18-13-4-2-9(17)5-12(13)15/h1-6H,17H2. The Morgan fingerprint density at radius 1 is 1.22 bits per heavy atom. The molecule has 0 aliphatic rings. The first-order valence-corrected chi connectivity index (χ1v) is 6.10. The van der Waals surface area contributed by atoms with Gasteiger partial charge in [0.25, 0.3) is 0 Å². The maximum atomic E-state index is 13.4. The lowest BCUT2D eigenvalue weighted by atomic mass is 10.2. The zero-order valence-corrected chi connectivity index (χ0v) is 11.3. The molecule has 0 unspecified atom stereocenters. The molecule has 2 N–H and O–H groups in total. The van der Waals surface area contributed by atoms with Gasteiger partial charge in [0.15, 0.2) is 0 Å². The van der Waals surface area contributed by atoms with Crippen LogP contribution in [0, 0.1) is 20.7 Å². The SMILES string of the molecule is N#Cc1ccc(Oc2ccc(N)cc2I)cc1F. The molecule has 0 atom stereocenters. The van der Waals surface area contributed by atoms with Gasteiger partial charge in [-0.1, -0.05) is 0 Å². The average Bonchev–Trinajstić information content (AvgIpc) is 2.33. The van der Waals surface area contributed by atoms with Gasteiger partial charge in [0.05, 0.1) is 9.13 Å².